The van der Waals surface area contributed by atoms with E-state index >= 15 is 0 Å². The molecule has 0 saturated heterocycles. The minimum atomic E-state index is -0.518. The van der Waals surface area contributed by atoms with Crippen LogP contribution in [-0.4, -0.2) is 33.2 Å². The molecule has 1 N–H and O–H groups in total. The first-order chi connectivity index (χ1) is 15.2. The highest BCUT2D eigenvalue weighted by atomic mass is 16.5. The van der Waals surface area contributed by atoms with Gasteiger partial charge in [-0.25, -0.2) is 9.78 Å². The molecule has 2 aromatic heterocycles. The molecule has 9 heteroatoms. The molecule has 0 aliphatic rings. The average Bonchev–Trinajstić information content (AvgIpc) is 2.77. The number of carbonyl (C=O) groups is 1. The number of fused-ring (bicyclic) bond motifs is 1. The second-order valence-corrected chi connectivity index (χ2v) is 7.63. The highest BCUT2D eigenvalue weighted by Gasteiger charge is 2.21. The summed E-state index contributed by atoms with van der Waals surface area (Å²) in [5.41, 5.74) is 0.584. The van der Waals surface area contributed by atoms with Gasteiger partial charge in [-0.15, -0.1) is 0 Å². The van der Waals surface area contributed by atoms with Crippen molar-refractivity contribution in [2.75, 3.05) is 18.5 Å². The second kappa shape index (κ2) is 9.25. The molecule has 0 saturated carbocycles. The fraction of sp³-hybridized carbons (Fsp3) is 0.391. The van der Waals surface area contributed by atoms with Gasteiger partial charge >= 0.3 is 5.69 Å². The first-order valence-electron chi connectivity index (χ1n) is 10.5. The van der Waals surface area contributed by atoms with Crippen LogP contribution in [-0.2, 0) is 14.1 Å². The number of ether oxygens (including phenoxy) is 2. The van der Waals surface area contributed by atoms with Gasteiger partial charge in [-0.05, 0) is 43.5 Å². The fourth-order valence-corrected chi connectivity index (χ4v) is 3.49. The van der Waals surface area contributed by atoms with Crippen LogP contribution in [0.25, 0.3) is 11.0 Å². The molecule has 3 aromatic rings. The standard InChI is InChI=1S/C23H28N4O5/c1-7-31-16-10-9-14(11-17(16)32-8-2)21(28)25-19-15(13(3)4)12-24-20-18(19)22(29)27(6)23(30)26(20)5/h9-13H,7-8H2,1-6H3,(H,24,25,28). The van der Waals surface area contributed by atoms with E-state index in [0.29, 0.717) is 41.5 Å². The average molecular weight is 441 g/mol. The van der Waals surface area contributed by atoms with Crippen LogP contribution < -0.4 is 26.0 Å². The molecule has 0 radical (unpaired) electrons. The Kier molecular flexibility index (Phi) is 6.67. The van der Waals surface area contributed by atoms with Gasteiger partial charge in [-0.3, -0.25) is 18.7 Å². The molecule has 0 bridgehead atoms. The maximum Gasteiger partial charge on any atom is 0.332 e. The molecular formula is C23H28N4O5. The topological polar surface area (TPSA) is 104 Å². The Hall–Kier alpha value is -3.62. The van der Waals surface area contributed by atoms with Gasteiger partial charge in [-0.1, -0.05) is 13.8 Å². The number of aromatic nitrogens is 3. The summed E-state index contributed by atoms with van der Waals surface area (Å²) in [7, 11) is 2.94. The lowest BCUT2D eigenvalue weighted by atomic mass is 10.0. The van der Waals surface area contributed by atoms with Crippen molar-refractivity contribution < 1.29 is 14.3 Å². The summed E-state index contributed by atoms with van der Waals surface area (Å²) >= 11 is 0. The summed E-state index contributed by atoms with van der Waals surface area (Å²) in [6.07, 6.45) is 1.59. The van der Waals surface area contributed by atoms with Crippen molar-refractivity contribution >= 4 is 22.6 Å². The lowest BCUT2D eigenvalue weighted by molar-refractivity contribution is 0.102. The van der Waals surface area contributed by atoms with E-state index in [-0.39, 0.29) is 17.0 Å². The van der Waals surface area contributed by atoms with Crippen molar-refractivity contribution in [3.63, 3.8) is 0 Å². The first kappa shape index (κ1) is 23.1. The molecule has 0 aliphatic carbocycles. The summed E-state index contributed by atoms with van der Waals surface area (Å²) in [5.74, 6) is 0.568. The third-order valence-electron chi connectivity index (χ3n) is 5.16. The third-order valence-corrected chi connectivity index (χ3v) is 5.16. The Labute approximate surface area is 185 Å². The molecule has 170 valence electrons. The van der Waals surface area contributed by atoms with Gasteiger partial charge in [0.1, 0.15) is 5.39 Å². The van der Waals surface area contributed by atoms with Gasteiger partial charge in [-0.2, -0.15) is 0 Å². The quantitative estimate of drug-likeness (QED) is 0.606. The highest BCUT2D eigenvalue weighted by Crippen LogP contribution is 2.31. The molecule has 0 atom stereocenters. The van der Waals surface area contributed by atoms with E-state index in [1.165, 1.54) is 11.6 Å². The fourth-order valence-electron chi connectivity index (χ4n) is 3.49. The zero-order valence-electron chi connectivity index (χ0n) is 19.2. The van der Waals surface area contributed by atoms with E-state index in [9.17, 15) is 14.4 Å². The monoisotopic (exact) mass is 440 g/mol. The maximum atomic E-state index is 13.2. The second-order valence-electron chi connectivity index (χ2n) is 7.63. The molecule has 1 amide bonds. The molecule has 0 fully saturated rings. The van der Waals surface area contributed by atoms with Gasteiger partial charge in [0.05, 0.1) is 18.9 Å². The van der Waals surface area contributed by atoms with Crippen LogP contribution in [0.3, 0.4) is 0 Å². The van der Waals surface area contributed by atoms with Crippen LogP contribution in [0.1, 0.15) is 49.5 Å². The van der Waals surface area contributed by atoms with Crippen LogP contribution >= 0.6 is 0 Å². The summed E-state index contributed by atoms with van der Waals surface area (Å²) < 4.78 is 13.5. The number of carbonyl (C=O) groups excluding carboxylic acids is 1. The number of hydrogen-bond donors (Lipinski definition) is 1. The molecule has 32 heavy (non-hydrogen) atoms. The molecule has 1 aromatic carbocycles. The number of benzene rings is 1. The van der Waals surface area contributed by atoms with Crippen LogP contribution in [0, 0.1) is 0 Å². The number of aryl methyl sites for hydroxylation is 1. The van der Waals surface area contributed by atoms with E-state index in [1.54, 1.807) is 31.4 Å². The number of anilines is 1. The van der Waals surface area contributed by atoms with Crippen LogP contribution in [0.2, 0.25) is 0 Å². The molecule has 0 aliphatic heterocycles. The lowest BCUT2D eigenvalue weighted by Gasteiger charge is -2.18. The largest absolute Gasteiger partial charge is 0.490 e. The normalized spacial score (nSPS) is 11.1. The Morgan fingerprint density at radius 3 is 2.34 bits per heavy atom. The van der Waals surface area contributed by atoms with Crippen molar-refractivity contribution in [1.82, 2.24) is 14.1 Å². The minimum Gasteiger partial charge on any atom is -0.490 e. The Balaban J connectivity index is 2.17. The zero-order valence-corrected chi connectivity index (χ0v) is 19.2. The van der Waals surface area contributed by atoms with Gasteiger partial charge in [0.25, 0.3) is 11.5 Å². The number of pyridine rings is 1. The summed E-state index contributed by atoms with van der Waals surface area (Å²) in [6, 6.07) is 4.92. The van der Waals surface area contributed by atoms with Crippen molar-refractivity contribution in [2.24, 2.45) is 14.1 Å². The molecule has 0 spiro atoms. The number of rotatable bonds is 7. The van der Waals surface area contributed by atoms with Crippen LogP contribution in [0.15, 0.2) is 34.0 Å². The van der Waals surface area contributed by atoms with Gasteiger partial charge in [0.2, 0.25) is 0 Å². The van der Waals surface area contributed by atoms with Crippen molar-refractivity contribution in [2.45, 2.75) is 33.6 Å². The minimum absolute atomic E-state index is 0.0246. The van der Waals surface area contributed by atoms with E-state index in [4.69, 9.17) is 9.47 Å². The predicted molar refractivity (Wildman–Crippen MR) is 123 cm³/mol. The van der Waals surface area contributed by atoms with Crippen LogP contribution in [0.5, 0.6) is 11.5 Å². The predicted octanol–water partition coefficient (Wildman–Crippen LogP) is 2.81. The van der Waals surface area contributed by atoms with Crippen molar-refractivity contribution in [3.05, 3.63) is 56.4 Å². The summed E-state index contributed by atoms with van der Waals surface area (Å²) in [4.78, 5) is 42.9. The van der Waals surface area contributed by atoms with E-state index < -0.39 is 17.2 Å². The SMILES string of the molecule is CCOc1ccc(C(=O)Nc2c(C(C)C)cnc3c2c(=O)n(C)c(=O)n3C)cc1OCC. The van der Waals surface area contributed by atoms with Gasteiger partial charge in [0.15, 0.2) is 17.1 Å². The molecule has 2 heterocycles. The molecule has 3 rings (SSSR count). The first-order valence-corrected chi connectivity index (χ1v) is 10.5. The number of nitrogens with zero attached hydrogens (tertiary/aromatic N) is 3. The molecule has 9 nitrogen and oxygen atoms in total. The van der Waals surface area contributed by atoms with E-state index in [1.807, 2.05) is 27.7 Å². The van der Waals surface area contributed by atoms with E-state index in [0.717, 1.165) is 4.57 Å². The van der Waals surface area contributed by atoms with E-state index in [2.05, 4.69) is 10.3 Å². The van der Waals surface area contributed by atoms with Crippen molar-refractivity contribution in [1.29, 1.82) is 0 Å². The Morgan fingerprint density at radius 1 is 1.06 bits per heavy atom. The highest BCUT2D eigenvalue weighted by molar-refractivity contribution is 6.09. The Bertz CT molecular complexity index is 1290. The smallest absolute Gasteiger partial charge is 0.332 e. The third kappa shape index (κ3) is 4.10. The Morgan fingerprint density at radius 2 is 1.72 bits per heavy atom. The number of hydrogen-bond acceptors (Lipinski definition) is 6. The van der Waals surface area contributed by atoms with Crippen LogP contribution in [0.4, 0.5) is 5.69 Å². The summed E-state index contributed by atoms with van der Waals surface area (Å²) in [6.45, 7) is 8.48. The molecular weight excluding hydrogens is 412 g/mol. The lowest BCUT2D eigenvalue weighted by Crippen LogP contribution is -2.38. The summed E-state index contributed by atoms with van der Waals surface area (Å²) in [5, 5.41) is 3.07. The number of nitrogens with one attached hydrogen (secondary N) is 1. The van der Waals surface area contributed by atoms with Crippen molar-refractivity contribution in [3.8, 4) is 11.5 Å². The molecule has 0 unspecified atom stereocenters. The zero-order chi connectivity index (χ0) is 23.6. The van der Waals surface area contributed by atoms with Gasteiger partial charge in [0, 0.05) is 25.9 Å². The maximum absolute atomic E-state index is 13.2. The number of amides is 1. The van der Waals surface area contributed by atoms with Gasteiger partial charge < -0.3 is 14.8 Å².